The summed E-state index contributed by atoms with van der Waals surface area (Å²) in [5, 5.41) is 5.97. The number of ether oxygens (including phenoxy) is 1. The molecule has 4 aromatic rings. The molecule has 0 unspecified atom stereocenters. The summed E-state index contributed by atoms with van der Waals surface area (Å²) in [5.74, 6) is 0.856. The van der Waals surface area contributed by atoms with Crippen LogP contribution in [0.5, 0.6) is 5.75 Å². The first-order valence-electron chi connectivity index (χ1n) is 8.18. The van der Waals surface area contributed by atoms with Gasteiger partial charge in [0.25, 0.3) is 5.91 Å². The third kappa shape index (κ3) is 3.19. The molecule has 1 N–H and O–H groups in total. The van der Waals surface area contributed by atoms with Gasteiger partial charge in [-0.3, -0.25) is 4.79 Å². The summed E-state index contributed by atoms with van der Waals surface area (Å²) in [6.45, 7) is 0.810. The second-order valence-corrected chi connectivity index (χ2v) is 5.73. The van der Waals surface area contributed by atoms with Crippen molar-refractivity contribution < 1.29 is 13.9 Å². The van der Waals surface area contributed by atoms with Gasteiger partial charge >= 0.3 is 0 Å². The van der Waals surface area contributed by atoms with Crippen molar-refractivity contribution in [1.82, 2.24) is 5.32 Å². The molecule has 0 saturated heterocycles. The SMILES string of the molecule is O=C(NCCOc1ccccc1)c1cc2c(ccc3ccccc32)o1. The minimum absolute atomic E-state index is 0.239. The van der Waals surface area contributed by atoms with Crippen molar-refractivity contribution >= 4 is 27.6 Å². The number of hydrogen-bond acceptors (Lipinski definition) is 3. The summed E-state index contributed by atoms with van der Waals surface area (Å²) in [7, 11) is 0. The molecular formula is C21H17NO3. The first-order valence-corrected chi connectivity index (χ1v) is 8.18. The van der Waals surface area contributed by atoms with Gasteiger partial charge in [-0.25, -0.2) is 0 Å². The van der Waals surface area contributed by atoms with Gasteiger partial charge in [0, 0.05) is 5.39 Å². The molecule has 0 saturated carbocycles. The van der Waals surface area contributed by atoms with Crippen molar-refractivity contribution in [3.05, 3.63) is 78.6 Å². The third-order valence-electron chi connectivity index (χ3n) is 4.05. The molecule has 1 heterocycles. The van der Waals surface area contributed by atoms with Crippen LogP contribution in [0, 0.1) is 0 Å². The zero-order chi connectivity index (χ0) is 17.1. The number of para-hydroxylation sites is 1. The zero-order valence-electron chi connectivity index (χ0n) is 13.6. The van der Waals surface area contributed by atoms with Gasteiger partial charge in [-0.15, -0.1) is 0 Å². The van der Waals surface area contributed by atoms with Crippen LogP contribution >= 0.6 is 0 Å². The molecule has 0 fully saturated rings. The number of nitrogens with one attached hydrogen (secondary N) is 1. The van der Waals surface area contributed by atoms with E-state index in [1.54, 1.807) is 6.07 Å². The summed E-state index contributed by atoms with van der Waals surface area (Å²) < 4.78 is 11.3. The maximum Gasteiger partial charge on any atom is 0.287 e. The topological polar surface area (TPSA) is 51.5 Å². The lowest BCUT2D eigenvalue weighted by Gasteiger charge is -2.06. The van der Waals surface area contributed by atoms with Gasteiger partial charge in [-0.05, 0) is 35.0 Å². The number of hydrogen-bond donors (Lipinski definition) is 1. The number of furan rings is 1. The van der Waals surface area contributed by atoms with Crippen LogP contribution in [0.1, 0.15) is 10.6 Å². The van der Waals surface area contributed by atoms with Gasteiger partial charge < -0.3 is 14.5 Å². The van der Waals surface area contributed by atoms with E-state index in [-0.39, 0.29) is 5.91 Å². The molecule has 4 nitrogen and oxygen atoms in total. The Bertz CT molecular complexity index is 1020. The maximum atomic E-state index is 12.3. The molecule has 0 spiro atoms. The lowest BCUT2D eigenvalue weighted by Crippen LogP contribution is -2.27. The summed E-state index contributed by atoms with van der Waals surface area (Å²) in [6.07, 6.45) is 0. The van der Waals surface area contributed by atoms with Gasteiger partial charge in [0.2, 0.25) is 0 Å². The predicted octanol–water partition coefficient (Wildman–Crippen LogP) is 4.39. The molecular weight excluding hydrogens is 314 g/mol. The van der Waals surface area contributed by atoms with Crippen LogP contribution in [0.25, 0.3) is 21.7 Å². The van der Waals surface area contributed by atoms with E-state index in [1.165, 1.54) is 0 Å². The highest BCUT2D eigenvalue weighted by Gasteiger charge is 2.13. The summed E-state index contributed by atoms with van der Waals surface area (Å²) in [6, 6.07) is 23.3. The molecule has 25 heavy (non-hydrogen) atoms. The molecule has 3 aromatic carbocycles. The van der Waals surface area contributed by atoms with Crippen LogP contribution in [-0.4, -0.2) is 19.1 Å². The Morgan fingerprint density at radius 2 is 1.72 bits per heavy atom. The Kier molecular flexibility index (Phi) is 4.09. The van der Waals surface area contributed by atoms with Gasteiger partial charge in [-0.1, -0.05) is 48.5 Å². The Morgan fingerprint density at radius 1 is 0.920 bits per heavy atom. The largest absolute Gasteiger partial charge is 0.492 e. The first kappa shape index (κ1) is 15.3. The van der Waals surface area contributed by atoms with Crippen LogP contribution in [0.15, 0.2) is 77.2 Å². The molecule has 0 bridgehead atoms. The number of fused-ring (bicyclic) bond motifs is 3. The van der Waals surface area contributed by atoms with E-state index in [1.807, 2.05) is 66.7 Å². The molecule has 4 rings (SSSR count). The standard InChI is InChI=1S/C21H17NO3/c23-21(22-12-13-24-16-7-2-1-3-8-16)20-14-18-17-9-5-4-6-15(17)10-11-19(18)25-20/h1-11,14H,12-13H2,(H,22,23). The van der Waals surface area contributed by atoms with Gasteiger partial charge in [0.1, 0.15) is 17.9 Å². The lowest BCUT2D eigenvalue weighted by molar-refractivity contribution is 0.0921. The predicted molar refractivity (Wildman–Crippen MR) is 98.0 cm³/mol. The summed E-state index contributed by atoms with van der Waals surface area (Å²) in [4.78, 5) is 12.3. The highest BCUT2D eigenvalue weighted by molar-refractivity contribution is 6.08. The van der Waals surface area contributed by atoms with Crippen LogP contribution in [0.3, 0.4) is 0 Å². The number of carbonyl (C=O) groups is 1. The molecule has 1 aromatic heterocycles. The van der Waals surface area contributed by atoms with Gasteiger partial charge in [0.15, 0.2) is 5.76 Å². The average molecular weight is 331 g/mol. The van der Waals surface area contributed by atoms with Crippen molar-refractivity contribution in [1.29, 1.82) is 0 Å². The Balaban J connectivity index is 1.44. The fourth-order valence-electron chi connectivity index (χ4n) is 2.84. The van der Waals surface area contributed by atoms with Crippen molar-refractivity contribution in [3.8, 4) is 5.75 Å². The molecule has 4 heteroatoms. The molecule has 124 valence electrons. The van der Waals surface area contributed by atoms with E-state index in [4.69, 9.17) is 9.15 Å². The minimum atomic E-state index is -0.239. The number of amides is 1. The monoisotopic (exact) mass is 331 g/mol. The van der Waals surface area contributed by atoms with Crippen LogP contribution in [-0.2, 0) is 0 Å². The number of carbonyl (C=O) groups excluding carboxylic acids is 1. The summed E-state index contributed by atoms with van der Waals surface area (Å²) >= 11 is 0. The van der Waals surface area contributed by atoms with Crippen molar-refractivity contribution in [2.75, 3.05) is 13.2 Å². The number of benzene rings is 3. The highest BCUT2D eigenvalue weighted by Crippen LogP contribution is 2.28. The van der Waals surface area contributed by atoms with Gasteiger partial charge in [0.05, 0.1) is 6.54 Å². The first-order chi connectivity index (χ1) is 12.3. The quantitative estimate of drug-likeness (QED) is 0.552. The van der Waals surface area contributed by atoms with Crippen molar-refractivity contribution in [3.63, 3.8) is 0 Å². The van der Waals surface area contributed by atoms with Crippen LogP contribution in [0.4, 0.5) is 0 Å². The fraction of sp³-hybridized carbons (Fsp3) is 0.0952. The zero-order valence-corrected chi connectivity index (χ0v) is 13.6. The second kappa shape index (κ2) is 6.69. The molecule has 0 aliphatic rings. The average Bonchev–Trinajstić information content (AvgIpc) is 3.11. The minimum Gasteiger partial charge on any atom is -0.492 e. The highest BCUT2D eigenvalue weighted by atomic mass is 16.5. The van der Waals surface area contributed by atoms with Gasteiger partial charge in [-0.2, -0.15) is 0 Å². The third-order valence-corrected chi connectivity index (χ3v) is 4.05. The molecule has 1 amide bonds. The second-order valence-electron chi connectivity index (χ2n) is 5.73. The van der Waals surface area contributed by atoms with E-state index >= 15 is 0 Å². The molecule has 0 atom stereocenters. The van der Waals surface area contributed by atoms with Crippen LogP contribution < -0.4 is 10.1 Å². The summed E-state index contributed by atoms with van der Waals surface area (Å²) in [5.41, 5.74) is 0.712. The van der Waals surface area contributed by atoms with E-state index in [0.717, 1.165) is 21.9 Å². The van der Waals surface area contributed by atoms with E-state index < -0.39 is 0 Å². The molecule has 0 radical (unpaired) electrons. The van der Waals surface area contributed by atoms with Crippen molar-refractivity contribution in [2.45, 2.75) is 0 Å². The fourth-order valence-corrected chi connectivity index (χ4v) is 2.84. The number of rotatable bonds is 5. The van der Waals surface area contributed by atoms with Crippen molar-refractivity contribution in [2.24, 2.45) is 0 Å². The Labute approximate surface area is 145 Å². The Morgan fingerprint density at radius 3 is 2.60 bits per heavy atom. The van der Waals surface area contributed by atoms with E-state index in [0.29, 0.717) is 24.5 Å². The molecule has 0 aliphatic heterocycles. The lowest BCUT2D eigenvalue weighted by atomic mass is 10.1. The Hall–Kier alpha value is -3.27. The van der Waals surface area contributed by atoms with E-state index in [2.05, 4.69) is 5.32 Å². The normalized spacial score (nSPS) is 10.9. The smallest absolute Gasteiger partial charge is 0.287 e. The maximum absolute atomic E-state index is 12.3. The van der Waals surface area contributed by atoms with E-state index in [9.17, 15) is 4.79 Å². The van der Waals surface area contributed by atoms with Crippen LogP contribution in [0.2, 0.25) is 0 Å². The molecule has 0 aliphatic carbocycles.